The van der Waals surface area contributed by atoms with Gasteiger partial charge in [-0.3, -0.25) is 14.9 Å². The zero-order chi connectivity index (χ0) is 22.1. The van der Waals surface area contributed by atoms with Crippen LogP contribution < -0.4 is 0 Å². The fourth-order valence-electron chi connectivity index (χ4n) is 3.61. The first kappa shape index (κ1) is 20.3. The van der Waals surface area contributed by atoms with Crippen LogP contribution in [-0.4, -0.2) is 37.8 Å². The van der Waals surface area contributed by atoms with Crippen LogP contribution in [0.15, 0.2) is 52.9 Å². The predicted octanol–water partition coefficient (Wildman–Crippen LogP) is 4.06. The Kier molecular flexibility index (Phi) is 5.24. The van der Waals surface area contributed by atoms with Gasteiger partial charge >= 0.3 is 0 Å². The van der Waals surface area contributed by atoms with Crippen molar-refractivity contribution in [3.05, 3.63) is 81.4 Å². The Balaban J connectivity index is 1.63. The minimum Gasteiger partial charge on any atom is -0.461 e. The van der Waals surface area contributed by atoms with Gasteiger partial charge in [-0.05, 0) is 19.1 Å². The van der Waals surface area contributed by atoms with E-state index >= 15 is 0 Å². The van der Waals surface area contributed by atoms with Crippen molar-refractivity contribution in [2.75, 3.05) is 7.05 Å². The molecular weight excluding hydrogens is 398 g/mol. The molecule has 0 saturated carbocycles. The van der Waals surface area contributed by atoms with Gasteiger partial charge in [0.05, 0.1) is 16.3 Å². The van der Waals surface area contributed by atoms with Gasteiger partial charge in [-0.1, -0.05) is 36.4 Å². The molecule has 0 saturated heterocycles. The lowest BCUT2D eigenvalue weighted by Crippen LogP contribution is -2.27. The number of carbonyl (C=O) groups is 1. The highest BCUT2D eigenvalue weighted by Crippen LogP contribution is 2.28. The summed E-state index contributed by atoms with van der Waals surface area (Å²) in [6, 6.07) is 13.8. The Bertz CT molecular complexity index is 1290. The molecule has 4 aromatic rings. The topological polar surface area (TPSA) is 107 Å². The Labute approximate surface area is 178 Å². The van der Waals surface area contributed by atoms with E-state index in [4.69, 9.17) is 4.42 Å². The molecule has 2 aromatic heterocycles. The van der Waals surface area contributed by atoms with Crippen molar-refractivity contribution < 1.29 is 14.1 Å². The molecule has 0 bridgehead atoms. The summed E-state index contributed by atoms with van der Waals surface area (Å²) < 4.78 is 7.36. The average Bonchev–Trinajstić information content (AvgIpc) is 3.33. The number of furan rings is 1. The number of fused-ring (bicyclic) bond motifs is 1. The Morgan fingerprint density at radius 1 is 1.23 bits per heavy atom. The number of hydrogen-bond acceptors (Lipinski definition) is 6. The Morgan fingerprint density at radius 3 is 2.74 bits per heavy atom. The molecule has 0 aliphatic rings. The van der Waals surface area contributed by atoms with E-state index in [0.717, 1.165) is 22.3 Å². The van der Waals surface area contributed by atoms with Gasteiger partial charge in [-0.25, -0.2) is 4.68 Å². The molecular formula is C22H21N5O4. The molecule has 0 atom stereocenters. The fraction of sp³-hybridized carbons (Fsp3) is 0.227. The number of nitrogens with zero attached hydrogens (tertiary/aromatic N) is 5. The average molecular weight is 419 g/mol. The quantitative estimate of drug-likeness (QED) is 0.344. The molecule has 0 radical (unpaired) electrons. The van der Waals surface area contributed by atoms with E-state index in [1.807, 2.05) is 31.2 Å². The summed E-state index contributed by atoms with van der Waals surface area (Å²) in [5, 5.41) is 20.1. The van der Waals surface area contributed by atoms with Crippen molar-refractivity contribution in [2.45, 2.75) is 26.8 Å². The van der Waals surface area contributed by atoms with Crippen LogP contribution in [0.1, 0.15) is 34.4 Å². The van der Waals surface area contributed by atoms with E-state index in [2.05, 4.69) is 10.3 Å². The van der Waals surface area contributed by atoms with Crippen LogP contribution in [0.25, 0.3) is 16.7 Å². The third kappa shape index (κ3) is 3.65. The van der Waals surface area contributed by atoms with Crippen LogP contribution in [0.2, 0.25) is 0 Å². The summed E-state index contributed by atoms with van der Waals surface area (Å²) in [4.78, 5) is 25.3. The summed E-state index contributed by atoms with van der Waals surface area (Å²) >= 11 is 0. The number of aromatic nitrogens is 3. The maximum Gasteiger partial charge on any atom is 0.276 e. The summed E-state index contributed by atoms with van der Waals surface area (Å²) in [5.41, 5.74) is 2.87. The fourth-order valence-corrected chi connectivity index (χ4v) is 3.61. The second-order valence-electron chi connectivity index (χ2n) is 7.23. The van der Waals surface area contributed by atoms with Crippen molar-refractivity contribution in [1.82, 2.24) is 19.9 Å². The number of para-hydroxylation sites is 1. The zero-order valence-electron chi connectivity index (χ0n) is 17.4. The standard InChI is InChI=1S/C22H21N5O4/c1-4-19-18(17-10-5-6-11-20(17)31-19)13-25(3)22(28)21-14(2)26(24-23-21)15-8-7-9-16(12-15)27(29)30/h5-12H,4,13H2,1-3H3. The van der Waals surface area contributed by atoms with Gasteiger partial charge in [0.15, 0.2) is 5.69 Å². The molecule has 9 nitrogen and oxygen atoms in total. The molecule has 1 amide bonds. The van der Waals surface area contributed by atoms with Crippen molar-refractivity contribution >= 4 is 22.6 Å². The molecule has 4 rings (SSSR count). The predicted molar refractivity (Wildman–Crippen MR) is 114 cm³/mol. The number of nitro groups is 1. The SMILES string of the molecule is CCc1oc2ccccc2c1CN(C)C(=O)c1nnn(-c2cccc([N+](=O)[O-])c2)c1C. The lowest BCUT2D eigenvalue weighted by Gasteiger charge is -2.16. The monoisotopic (exact) mass is 419 g/mol. The number of nitro benzene ring substituents is 1. The lowest BCUT2D eigenvalue weighted by atomic mass is 10.1. The zero-order valence-corrected chi connectivity index (χ0v) is 17.4. The smallest absolute Gasteiger partial charge is 0.276 e. The van der Waals surface area contributed by atoms with E-state index in [1.165, 1.54) is 16.8 Å². The van der Waals surface area contributed by atoms with Crippen molar-refractivity contribution in [1.29, 1.82) is 0 Å². The molecule has 2 aromatic carbocycles. The molecule has 0 fully saturated rings. The highest BCUT2D eigenvalue weighted by atomic mass is 16.6. The van der Waals surface area contributed by atoms with Gasteiger partial charge in [0.2, 0.25) is 0 Å². The molecule has 0 aliphatic carbocycles. The van der Waals surface area contributed by atoms with E-state index in [0.29, 0.717) is 24.3 Å². The lowest BCUT2D eigenvalue weighted by molar-refractivity contribution is -0.384. The summed E-state index contributed by atoms with van der Waals surface area (Å²) in [6.45, 7) is 4.09. The van der Waals surface area contributed by atoms with Crippen LogP contribution in [0.5, 0.6) is 0 Å². The van der Waals surface area contributed by atoms with Crippen LogP contribution in [-0.2, 0) is 13.0 Å². The van der Waals surface area contributed by atoms with Crippen LogP contribution in [0.3, 0.4) is 0 Å². The molecule has 0 aliphatic heterocycles. The number of hydrogen-bond donors (Lipinski definition) is 0. The molecule has 31 heavy (non-hydrogen) atoms. The van der Waals surface area contributed by atoms with Gasteiger partial charge < -0.3 is 9.32 Å². The molecule has 0 N–H and O–H groups in total. The molecule has 9 heteroatoms. The molecule has 158 valence electrons. The largest absolute Gasteiger partial charge is 0.461 e. The van der Waals surface area contributed by atoms with E-state index < -0.39 is 4.92 Å². The second kappa shape index (κ2) is 8.02. The number of carbonyl (C=O) groups excluding carboxylic acids is 1. The molecule has 0 spiro atoms. The van der Waals surface area contributed by atoms with Gasteiger partial charge in [-0.15, -0.1) is 5.10 Å². The van der Waals surface area contributed by atoms with Crippen LogP contribution >= 0.6 is 0 Å². The first-order chi connectivity index (χ1) is 14.9. The number of rotatable bonds is 6. The van der Waals surface area contributed by atoms with Crippen molar-refractivity contribution in [3.63, 3.8) is 0 Å². The van der Waals surface area contributed by atoms with Crippen LogP contribution in [0, 0.1) is 17.0 Å². The van der Waals surface area contributed by atoms with Crippen molar-refractivity contribution in [2.24, 2.45) is 0 Å². The van der Waals surface area contributed by atoms with E-state index in [9.17, 15) is 14.9 Å². The van der Waals surface area contributed by atoms with E-state index in [1.54, 1.807) is 31.0 Å². The van der Waals surface area contributed by atoms with Gasteiger partial charge in [-0.2, -0.15) is 0 Å². The number of benzene rings is 2. The Morgan fingerprint density at radius 2 is 2.00 bits per heavy atom. The van der Waals surface area contributed by atoms with Gasteiger partial charge in [0.1, 0.15) is 11.3 Å². The number of non-ortho nitro benzene ring substituents is 1. The minimum absolute atomic E-state index is 0.0590. The second-order valence-corrected chi connectivity index (χ2v) is 7.23. The first-order valence-corrected chi connectivity index (χ1v) is 9.82. The van der Waals surface area contributed by atoms with E-state index in [-0.39, 0.29) is 17.3 Å². The third-order valence-corrected chi connectivity index (χ3v) is 5.23. The highest BCUT2D eigenvalue weighted by molar-refractivity contribution is 5.93. The van der Waals surface area contributed by atoms with Crippen molar-refractivity contribution in [3.8, 4) is 5.69 Å². The molecule has 0 unspecified atom stereocenters. The van der Waals surface area contributed by atoms with Crippen LogP contribution in [0.4, 0.5) is 5.69 Å². The number of aryl methyl sites for hydroxylation is 1. The minimum atomic E-state index is -0.476. The molecule has 2 heterocycles. The maximum absolute atomic E-state index is 13.1. The first-order valence-electron chi connectivity index (χ1n) is 9.82. The Hall–Kier alpha value is -4.01. The summed E-state index contributed by atoms with van der Waals surface area (Å²) in [7, 11) is 1.70. The normalized spacial score (nSPS) is 11.1. The highest BCUT2D eigenvalue weighted by Gasteiger charge is 2.23. The maximum atomic E-state index is 13.1. The third-order valence-electron chi connectivity index (χ3n) is 5.23. The van der Waals surface area contributed by atoms with Gasteiger partial charge in [0, 0.05) is 43.1 Å². The number of amides is 1. The summed E-state index contributed by atoms with van der Waals surface area (Å²) in [5.74, 6) is 0.555. The summed E-state index contributed by atoms with van der Waals surface area (Å²) in [6.07, 6.45) is 0.716. The van der Waals surface area contributed by atoms with Gasteiger partial charge in [0.25, 0.3) is 11.6 Å².